The Morgan fingerprint density at radius 1 is 1.05 bits per heavy atom. The van der Waals surface area contributed by atoms with Crippen molar-refractivity contribution in [1.82, 2.24) is 0 Å². The maximum absolute atomic E-state index is 13.2. The van der Waals surface area contributed by atoms with E-state index in [2.05, 4.69) is 5.32 Å². The average Bonchev–Trinajstić information content (AvgIpc) is 3.48. The van der Waals surface area contributed by atoms with E-state index in [0.29, 0.717) is 50.2 Å². The van der Waals surface area contributed by atoms with E-state index >= 15 is 0 Å². The molecule has 0 spiro atoms. The van der Waals surface area contributed by atoms with E-state index in [4.69, 9.17) is 31.2 Å². The van der Waals surface area contributed by atoms with Crippen LogP contribution in [0, 0.1) is 6.92 Å². The van der Waals surface area contributed by atoms with Crippen molar-refractivity contribution in [3.63, 3.8) is 0 Å². The number of nitrogens with one attached hydrogen (secondary N) is 1. The van der Waals surface area contributed by atoms with Crippen LogP contribution >= 0.6 is 24.0 Å². The van der Waals surface area contributed by atoms with Crippen molar-refractivity contribution in [3.05, 3.63) is 76.7 Å². The molecular formula is C28H24N2O6S2. The first-order valence-electron chi connectivity index (χ1n) is 11.8. The van der Waals surface area contributed by atoms with Crippen LogP contribution in [0.25, 0.3) is 6.08 Å². The number of nitrogens with zero attached hydrogens (tertiary/aromatic N) is 1. The van der Waals surface area contributed by atoms with Crippen LogP contribution in [-0.4, -0.2) is 36.1 Å². The summed E-state index contributed by atoms with van der Waals surface area (Å²) in [5.41, 5.74) is 3.15. The molecule has 8 nitrogen and oxygen atoms in total. The first kappa shape index (κ1) is 25.6. The second-order valence-corrected chi connectivity index (χ2v) is 10.1. The van der Waals surface area contributed by atoms with Crippen molar-refractivity contribution < 1.29 is 28.5 Å². The minimum absolute atomic E-state index is 0.149. The van der Waals surface area contributed by atoms with Crippen LogP contribution in [0.5, 0.6) is 23.0 Å². The van der Waals surface area contributed by atoms with Crippen molar-refractivity contribution in [2.24, 2.45) is 0 Å². The van der Waals surface area contributed by atoms with Crippen LogP contribution in [0.3, 0.4) is 0 Å². The lowest BCUT2D eigenvalue weighted by molar-refractivity contribution is -0.118. The Labute approximate surface area is 229 Å². The molecule has 0 atom stereocenters. The van der Waals surface area contributed by atoms with E-state index in [1.54, 1.807) is 42.5 Å². The van der Waals surface area contributed by atoms with Gasteiger partial charge in [0.1, 0.15) is 0 Å². The first-order valence-corrected chi connectivity index (χ1v) is 13.1. The summed E-state index contributed by atoms with van der Waals surface area (Å²) < 4.78 is 22.7. The molecule has 1 saturated heterocycles. The number of hydrogen-bond acceptors (Lipinski definition) is 8. The minimum atomic E-state index is -0.285. The molecular weight excluding hydrogens is 524 g/mol. The molecule has 1 fully saturated rings. The summed E-state index contributed by atoms with van der Waals surface area (Å²) in [6.07, 6.45) is 1.75. The Bertz CT molecular complexity index is 1440. The summed E-state index contributed by atoms with van der Waals surface area (Å²) in [6.45, 7) is 4.21. The second kappa shape index (κ2) is 11.2. The molecule has 0 saturated carbocycles. The van der Waals surface area contributed by atoms with Crippen molar-refractivity contribution >= 4 is 57.6 Å². The van der Waals surface area contributed by atoms with Crippen molar-refractivity contribution in [1.29, 1.82) is 0 Å². The second-order valence-electron chi connectivity index (χ2n) is 8.40. The number of anilines is 2. The topological polar surface area (TPSA) is 86.3 Å². The molecule has 38 heavy (non-hydrogen) atoms. The fourth-order valence-corrected chi connectivity index (χ4v) is 5.14. The van der Waals surface area contributed by atoms with Crippen LogP contribution in [0.4, 0.5) is 11.4 Å². The predicted molar refractivity (Wildman–Crippen MR) is 151 cm³/mol. The number of thiocarbonyl (C=S) groups is 1. The number of carbonyl (C=O) groups is 2. The van der Waals surface area contributed by atoms with Crippen LogP contribution in [0.1, 0.15) is 18.1 Å². The molecule has 0 aliphatic carbocycles. The van der Waals surface area contributed by atoms with Gasteiger partial charge in [-0.25, -0.2) is 0 Å². The normalized spacial score (nSPS) is 15.2. The van der Waals surface area contributed by atoms with Crippen molar-refractivity contribution in [3.8, 4) is 23.0 Å². The average molecular weight is 549 g/mol. The minimum Gasteiger partial charge on any atom is -0.490 e. The van der Waals surface area contributed by atoms with Crippen LogP contribution < -0.4 is 29.2 Å². The molecule has 2 aliphatic rings. The Morgan fingerprint density at radius 3 is 2.63 bits per heavy atom. The fraction of sp³-hybridized carbons (Fsp3) is 0.179. The Morgan fingerprint density at radius 2 is 1.84 bits per heavy atom. The maximum atomic E-state index is 13.2. The van der Waals surface area contributed by atoms with E-state index in [-0.39, 0.29) is 25.2 Å². The molecule has 2 aliphatic heterocycles. The van der Waals surface area contributed by atoms with Crippen LogP contribution in [-0.2, 0) is 9.59 Å². The first-order chi connectivity index (χ1) is 18.4. The van der Waals surface area contributed by atoms with Gasteiger partial charge in [0.15, 0.2) is 33.9 Å². The van der Waals surface area contributed by atoms with E-state index in [1.807, 2.05) is 38.1 Å². The highest BCUT2D eigenvalue weighted by molar-refractivity contribution is 8.27. The van der Waals surface area contributed by atoms with Gasteiger partial charge in [-0.05, 0) is 61.9 Å². The van der Waals surface area contributed by atoms with Gasteiger partial charge < -0.3 is 24.3 Å². The number of hydrogen-bond donors (Lipinski definition) is 1. The monoisotopic (exact) mass is 548 g/mol. The zero-order valence-electron chi connectivity index (χ0n) is 20.7. The van der Waals surface area contributed by atoms with E-state index in [9.17, 15) is 9.59 Å². The summed E-state index contributed by atoms with van der Waals surface area (Å²) in [7, 11) is 0. The van der Waals surface area contributed by atoms with Crippen LogP contribution in [0.2, 0.25) is 0 Å². The number of fused-ring (bicyclic) bond motifs is 1. The van der Waals surface area contributed by atoms with Crippen molar-refractivity contribution in [2.75, 3.05) is 30.2 Å². The lowest BCUT2D eigenvalue weighted by atomic mass is 10.1. The number of aryl methyl sites for hydroxylation is 1. The molecule has 0 aromatic heterocycles. The van der Waals surface area contributed by atoms with Crippen molar-refractivity contribution in [2.45, 2.75) is 13.8 Å². The molecule has 10 heteroatoms. The molecule has 0 bridgehead atoms. The smallest absolute Gasteiger partial charge is 0.270 e. The highest BCUT2D eigenvalue weighted by atomic mass is 32.2. The van der Waals surface area contributed by atoms with Crippen LogP contribution in [0.15, 0.2) is 65.6 Å². The molecule has 194 valence electrons. The molecule has 3 aromatic rings. The number of benzene rings is 3. The molecule has 2 amide bonds. The zero-order valence-corrected chi connectivity index (χ0v) is 22.3. The Kier molecular flexibility index (Phi) is 7.52. The summed E-state index contributed by atoms with van der Waals surface area (Å²) in [4.78, 5) is 27.5. The van der Waals surface area contributed by atoms with E-state index in [1.165, 1.54) is 16.7 Å². The Balaban J connectivity index is 1.29. The van der Waals surface area contributed by atoms with Gasteiger partial charge in [-0.2, -0.15) is 0 Å². The third kappa shape index (κ3) is 5.61. The molecule has 5 rings (SSSR count). The predicted octanol–water partition coefficient (Wildman–Crippen LogP) is 5.55. The maximum Gasteiger partial charge on any atom is 0.270 e. The molecule has 0 unspecified atom stereocenters. The molecule has 2 heterocycles. The van der Waals surface area contributed by atoms with Gasteiger partial charge in [-0.1, -0.05) is 47.7 Å². The molecule has 0 radical (unpaired) electrons. The number of rotatable bonds is 8. The molecule has 3 aromatic carbocycles. The van der Waals surface area contributed by atoms with Gasteiger partial charge >= 0.3 is 0 Å². The standard InChI is InChI=1S/C28H24N2O6S2/c1-3-33-23-12-18(6-10-21(23)34-15-26(31)29-19-7-4-17(2)5-8-19)13-25-27(32)30(28(37)38-25)20-9-11-22-24(14-20)36-16-35-22/h4-14H,3,15-16H2,1-2H3,(H,29,31)/b25-13-. The fourth-order valence-electron chi connectivity index (χ4n) is 3.85. The third-order valence-electron chi connectivity index (χ3n) is 5.67. The highest BCUT2D eigenvalue weighted by Crippen LogP contribution is 2.41. The van der Waals surface area contributed by atoms with Gasteiger partial charge in [0.05, 0.1) is 17.2 Å². The summed E-state index contributed by atoms with van der Waals surface area (Å²) >= 11 is 6.71. The third-order valence-corrected chi connectivity index (χ3v) is 6.97. The number of carbonyl (C=O) groups excluding carboxylic acids is 2. The quantitative estimate of drug-likeness (QED) is 0.290. The molecule has 1 N–H and O–H groups in total. The zero-order chi connectivity index (χ0) is 26.6. The summed E-state index contributed by atoms with van der Waals surface area (Å²) in [5.74, 6) is 1.59. The summed E-state index contributed by atoms with van der Waals surface area (Å²) in [5, 5.41) is 2.80. The Hall–Kier alpha value is -4.02. The van der Waals surface area contributed by atoms with Gasteiger partial charge in [-0.15, -0.1) is 0 Å². The largest absolute Gasteiger partial charge is 0.490 e. The van der Waals surface area contributed by atoms with Gasteiger partial charge in [0, 0.05) is 11.8 Å². The van der Waals surface area contributed by atoms with E-state index in [0.717, 1.165) is 11.1 Å². The number of ether oxygens (including phenoxy) is 4. The lowest BCUT2D eigenvalue weighted by Gasteiger charge is -2.15. The van der Waals surface area contributed by atoms with E-state index < -0.39 is 0 Å². The summed E-state index contributed by atoms with van der Waals surface area (Å²) in [6, 6.07) is 18.1. The van der Waals surface area contributed by atoms with Gasteiger partial charge in [-0.3, -0.25) is 14.5 Å². The van der Waals surface area contributed by atoms with Gasteiger partial charge in [0.25, 0.3) is 11.8 Å². The SMILES string of the molecule is CCOc1cc(/C=C2\SC(=S)N(c3ccc4c(c3)OCO4)C2=O)ccc1OCC(=O)Nc1ccc(C)cc1. The number of thioether (sulfide) groups is 1. The van der Waals surface area contributed by atoms with Gasteiger partial charge in [0.2, 0.25) is 6.79 Å². The number of amides is 2. The lowest BCUT2D eigenvalue weighted by Crippen LogP contribution is -2.27. The highest BCUT2D eigenvalue weighted by Gasteiger charge is 2.34.